The Morgan fingerprint density at radius 1 is 1.70 bits per heavy atom. The zero-order chi connectivity index (χ0) is 7.98. The zero-order valence-electron chi connectivity index (χ0n) is 6.81. The van der Waals surface area contributed by atoms with Gasteiger partial charge in [0.25, 0.3) is 0 Å². The van der Waals surface area contributed by atoms with E-state index in [0.717, 1.165) is 0 Å². The lowest BCUT2D eigenvalue weighted by Crippen LogP contribution is -2.29. The van der Waals surface area contributed by atoms with Crippen LogP contribution in [0.15, 0.2) is 0 Å². The topological polar surface area (TPSA) is 38.3 Å². The molecule has 0 bridgehead atoms. The molecule has 10 heavy (non-hydrogen) atoms. The smallest absolute Gasteiger partial charge is 0.174 e. The molecule has 0 spiro atoms. The number of hydrogen-bond donors (Lipinski definition) is 1. The van der Waals surface area contributed by atoms with Gasteiger partial charge in [0.2, 0.25) is 0 Å². The monoisotopic (exact) mass is 145 g/mol. The molecule has 1 atom stereocenters. The number of ketones is 1. The maximum Gasteiger partial charge on any atom is 0.174 e. The lowest BCUT2D eigenvalue weighted by Gasteiger charge is -2.08. The summed E-state index contributed by atoms with van der Waals surface area (Å²) in [5, 5.41) is 2.78. The summed E-state index contributed by atoms with van der Waals surface area (Å²) >= 11 is 0. The van der Waals surface area contributed by atoms with Gasteiger partial charge in [-0.05, 0) is 20.9 Å². The molecule has 0 aliphatic heterocycles. The van der Waals surface area contributed by atoms with Crippen LogP contribution in [0.4, 0.5) is 0 Å². The highest BCUT2D eigenvalue weighted by Crippen LogP contribution is 1.90. The van der Waals surface area contributed by atoms with Crippen molar-refractivity contribution in [1.82, 2.24) is 5.32 Å². The molecule has 1 unspecified atom stereocenters. The first-order chi connectivity index (χ1) is 4.72. The molecule has 60 valence electrons. The Labute approximate surface area is 61.8 Å². The molecule has 0 amide bonds. The van der Waals surface area contributed by atoms with Crippen molar-refractivity contribution in [3.8, 4) is 0 Å². The van der Waals surface area contributed by atoms with Gasteiger partial charge in [-0.1, -0.05) is 0 Å². The number of ether oxygens (including phenoxy) is 1. The molecule has 0 aromatic heterocycles. The third-order valence-electron chi connectivity index (χ3n) is 1.22. The molecule has 0 saturated heterocycles. The van der Waals surface area contributed by atoms with E-state index in [2.05, 4.69) is 5.32 Å². The molecule has 0 heterocycles. The van der Waals surface area contributed by atoms with E-state index >= 15 is 0 Å². The van der Waals surface area contributed by atoms with E-state index in [4.69, 9.17) is 4.74 Å². The molecule has 3 nitrogen and oxygen atoms in total. The minimum atomic E-state index is -0.266. The third-order valence-corrected chi connectivity index (χ3v) is 1.22. The van der Waals surface area contributed by atoms with Crippen LogP contribution in [0.25, 0.3) is 0 Å². The maximum atomic E-state index is 10.9. The van der Waals surface area contributed by atoms with Crippen LogP contribution in [0.3, 0.4) is 0 Å². The SMILES string of the molecule is CCOC(C)C(=O)CNC. The van der Waals surface area contributed by atoms with E-state index < -0.39 is 0 Å². The summed E-state index contributed by atoms with van der Waals surface area (Å²) in [6.07, 6.45) is -0.266. The van der Waals surface area contributed by atoms with Crippen molar-refractivity contribution in [2.24, 2.45) is 0 Å². The Kier molecular flexibility index (Phi) is 5.16. The number of carbonyl (C=O) groups excluding carboxylic acids is 1. The van der Waals surface area contributed by atoms with Crippen LogP contribution in [0.2, 0.25) is 0 Å². The molecular weight excluding hydrogens is 130 g/mol. The Morgan fingerprint density at radius 3 is 2.70 bits per heavy atom. The van der Waals surface area contributed by atoms with Gasteiger partial charge in [0.15, 0.2) is 5.78 Å². The van der Waals surface area contributed by atoms with Crippen LogP contribution >= 0.6 is 0 Å². The molecule has 1 N–H and O–H groups in total. The molecule has 0 aliphatic carbocycles. The van der Waals surface area contributed by atoms with E-state index in [1.54, 1.807) is 14.0 Å². The van der Waals surface area contributed by atoms with Crippen molar-refractivity contribution < 1.29 is 9.53 Å². The minimum absolute atomic E-state index is 0.101. The molecule has 0 fully saturated rings. The zero-order valence-corrected chi connectivity index (χ0v) is 6.81. The van der Waals surface area contributed by atoms with Gasteiger partial charge in [0.05, 0.1) is 6.54 Å². The molecule has 0 saturated carbocycles. The van der Waals surface area contributed by atoms with Crippen LogP contribution in [0, 0.1) is 0 Å². The van der Waals surface area contributed by atoms with Crippen molar-refractivity contribution in [2.75, 3.05) is 20.2 Å². The predicted molar refractivity (Wildman–Crippen MR) is 40.0 cm³/mol. The standard InChI is InChI=1S/C7H15NO2/c1-4-10-6(2)7(9)5-8-3/h6,8H,4-5H2,1-3H3. The molecule has 0 aromatic rings. The average Bonchev–Trinajstić information content (AvgIpc) is 1.89. The summed E-state index contributed by atoms with van der Waals surface area (Å²) in [7, 11) is 1.75. The summed E-state index contributed by atoms with van der Waals surface area (Å²) in [5.41, 5.74) is 0. The molecule has 0 rings (SSSR count). The van der Waals surface area contributed by atoms with Crippen molar-refractivity contribution in [3.63, 3.8) is 0 Å². The van der Waals surface area contributed by atoms with E-state index in [-0.39, 0.29) is 11.9 Å². The van der Waals surface area contributed by atoms with Gasteiger partial charge in [0.1, 0.15) is 6.10 Å². The second-order valence-electron chi connectivity index (χ2n) is 2.09. The fourth-order valence-electron chi connectivity index (χ4n) is 0.661. The van der Waals surface area contributed by atoms with E-state index in [0.29, 0.717) is 13.2 Å². The summed E-state index contributed by atoms with van der Waals surface area (Å²) in [6.45, 7) is 4.63. The highest BCUT2D eigenvalue weighted by molar-refractivity contribution is 5.84. The van der Waals surface area contributed by atoms with Crippen LogP contribution in [-0.2, 0) is 9.53 Å². The Bertz CT molecular complexity index is 104. The summed E-state index contributed by atoms with van der Waals surface area (Å²) in [5.74, 6) is 0.101. The molecule has 3 heteroatoms. The van der Waals surface area contributed by atoms with Gasteiger partial charge in [-0.15, -0.1) is 0 Å². The maximum absolute atomic E-state index is 10.9. The molecular formula is C7H15NO2. The normalized spacial score (nSPS) is 13.1. The van der Waals surface area contributed by atoms with Crippen molar-refractivity contribution in [2.45, 2.75) is 20.0 Å². The lowest BCUT2D eigenvalue weighted by atomic mass is 10.2. The highest BCUT2D eigenvalue weighted by atomic mass is 16.5. The number of rotatable bonds is 5. The van der Waals surface area contributed by atoms with E-state index in [1.807, 2.05) is 6.92 Å². The first-order valence-corrected chi connectivity index (χ1v) is 3.51. The van der Waals surface area contributed by atoms with Crippen molar-refractivity contribution in [1.29, 1.82) is 0 Å². The van der Waals surface area contributed by atoms with Crippen LogP contribution < -0.4 is 5.32 Å². The Morgan fingerprint density at radius 2 is 2.30 bits per heavy atom. The largest absolute Gasteiger partial charge is 0.371 e. The molecule has 0 aliphatic rings. The number of nitrogens with one attached hydrogen (secondary N) is 1. The van der Waals surface area contributed by atoms with Crippen molar-refractivity contribution in [3.05, 3.63) is 0 Å². The van der Waals surface area contributed by atoms with Gasteiger partial charge in [-0.25, -0.2) is 0 Å². The third kappa shape index (κ3) is 3.58. The first-order valence-electron chi connectivity index (χ1n) is 3.51. The van der Waals surface area contributed by atoms with Gasteiger partial charge in [-0.2, -0.15) is 0 Å². The highest BCUT2D eigenvalue weighted by Gasteiger charge is 2.09. The number of likely N-dealkylation sites (N-methyl/N-ethyl adjacent to an activating group) is 1. The number of carbonyl (C=O) groups is 1. The Hall–Kier alpha value is -0.410. The van der Waals surface area contributed by atoms with Crippen LogP contribution in [0.1, 0.15) is 13.8 Å². The predicted octanol–water partition coefficient (Wildman–Crippen LogP) is 0.200. The molecule has 0 aromatic carbocycles. The van der Waals surface area contributed by atoms with Crippen LogP contribution in [0.5, 0.6) is 0 Å². The summed E-state index contributed by atoms with van der Waals surface area (Å²) < 4.78 is 5.07. The number of hydrogen-bond acceptors (Lipinski definition) is 3. The van der Waals surface area contributed by atoms with Gasteiger partial charge < -0.3 is 10.1 Å². The van der Waals surface area contributed by atoms with E-state index in [9.17, 15) is 4.79 Å². The average molecular weight is 145 g/mol. The first kappa shape index (κ1) is 9.59. The number of Topliss-reactive ketones (excluding diaryl/α,β-unsaturated/α-hetero) is 1. The lowest BCUT2D eigenvalue weighted by molar-refractivity contribution is -0.128. The minimum Gasteiger partial charge on any atom is -0.371 e. The second kappa shape index (κ2) is 5.38. The summed E-state index contributed by atoms with van der Waals surface area (Å²) in [4.78, 5) is 10.9. The second-order valence-corrected chi connectivity index (χ2v) is 2.09. The van der Waals surface area contributed by atoms with Gasteiger partial charge in [0, 0.05) is 6.61 Å². The van der Waals surface area contributed by atoms with Gasteiger partial charge in [-0.3, -0.25) is 4.79 Å². The fraction of sp³-hybridized carbons (Fsp3) is 0.857. The van der Waals surface area contributed by atoms with Crippen molar-refractivity contribution >= 4 is 5.78 Å². The van der Waals surface area contributed by atoms with E-state index in [1.165, 1.54) is 0 Å². The van der Waals surface area contributed by atoms with Gasteiger partial charge >= 0.3 is 0 Å². The fourth-order valence-corrected chi connectivity index (χ4v) is 0.661. The molecule has 0 radical (unpaired) electrons. The summed E-state index contributed by atoms with van der Waals surface area (Å²) in [6, 6.07) is 0. The Balaban J connectivity index is 3.49. The quantitative estimate of drug-likeness (QED) is 0.600. The van der Waals surface area contributed by atoms with Crippen LogP contribution in [-0.4, -0.2) is 32.1 Å².